The van der Waals surface area contributed by atoms with Crippen molar-refractivity contribution in [1.29, 1.82) is 0 Å². The molecule has 1 aromatic heterocycles. The number of benzene rings is 1. The monoisotopic (exact) mass is 285 g/mol. The van der Waals surface area contributed by atoms with Crippen LogP contribution in [0.2, 0.25) is 0 Å². The number of aromatic nitrogens is 2. The van der Waals surface area contributed by atoms with E-state index < -0.39 is 0 Å². The van der Waals surface area contributed by atoms with Crippen LogP contribution in [0.5, 0.6) is 0 Å². The van der Waals surface area contributed by atoms with Crippen molar-refractivity contribution in [2.45, 2.75) is 13.5 Å². The van der Waals surface area contributed by atoms with Crippen molar-refractivity contribution in [1.82, 2.24) is 14.9 Å². The van der Waals surface area contributed by atoms with Crippen molar-refractivity contribution >= 4 is 11.8 Å². The van der Waals surface area contributed by atoms with E-state index in [1.807, 2.05) is 20.2 Å². The highest BCUT2D eigenvalue weighted by molar-refractivity contribution is 5.41. The van der Waals surface area contributed by atoms with Gasteiger partial charge < -0.3 is 15.5 Å². The summed E-state index contributed by atoms with van der Waals surface area (Å²) in [4.78, 5) is 10.8. The normalized spacial score (nSPS) is 10.7. The van der Waals surface area contributed by atoms with Crippen molar-refractivity contribution < 1.29 is 0 Å². The first kappa shape index (κ1) is 15.3. The molecule has 21 heavy (non-hydrogen) atoms. The number of likely N-dealkylation sites (N-methyl/N-ethyl adjacent to an activating group) is 1. The van der Waals surface area contributed by atoms with Crippen LogP contribution < -0.4 is 10.6 Å². The van der Waals surface area contributed by atoms with E-state index >= 15 is 0 Å². The van der Waals surface area contributed by atoms with Crippen LogP contribution in [0.15, 0.2) is 36.5 Å². The predicted molar refractivity (Wildman–Crippen MR) is 87.6 cm³/mol. The van der Waals surface area contributed by atoms with Gasteiger partial charge in [-0.1, -0.05) is 24.3 Å². The summed E-state index contributed by atoms with van der Waals surface area (Å²) in [5.74, 6) is 1.49. The molecular weight excluding hydrogens is 262 g/mol. The summed E-state index contributed by atoms with van der Waals surface area (Å²) in [5.41, 5.74) is 2.56. The molecule has 0 fully saturated rings. The number of nitrogens with one attached hydrogen (secondary N) is 2. The van der Waals surface area contributed by atoms with Crippen LogP contribution in [0.3, 0.4) is 0 Å². The number of rotatable bonds is 7. The highest BCUT2D eigenvalue weighted by Gasteiger charge is 2.01. The van der Waals surface area contributed by atoms with Crippen LogP contribution >= 0.6 is 0 Å². The van der Waals surface area contributed by atoms with E-state index in [1.165, 1.54) is 11.1 Å². The lowest BCUT2D eigenvalue weighted by molar-refractivity contribution is 0.425. The molecule has 2 aromatic rings. The van der Waals surface area contributed by atoms with Crippen molar-refractivity contribution in [2.75, 3.05) is 37.8 Å². The third-order valence-corrected chi connectivity index (χ3v) is 3.22. The largest absolute Gasteiger partial charge is 0.366 e. The van der Waals surface area contributed by atoms with Gasteiger partial charge in [-0.15, -0.1) is 0 Å². The lowest BCUT2D eigenvalue weighted by Crippen LogP contribution is -2.21. The van der Waals surface area contributed by atoms with Gasteiger partial charge in [-0.2, -0.15) is 4.98 Å². The summed E-state index contributed by atoms with van der Waals surface area (Å²) < 4.78 is 0. The summed E-state index contributed by atoms with van der Waals surface area (Å²) in [6.45, 7) is 4.66. The number of nitrogens with zero attached hydrogens (tertiary/aromatic N) is 3. The zero-order valence-electron chi connectivity index (χ0n) is 12.9. The molecule has 0 amide bonds. The van der Waals surface area contributed by atoms with Crippen LogP contribution in [-0.2, 0) is 6.54 Å². The highest BCUT2D eigenvalue weighted by atomic mass is 15.2. The Morgan fingerprint density at radius 2 is 1.90 bits per heavy atom. The lowest BCUT2D eigenvalue weighted by Gasteiger charge is -2.11. The number of hydrogen-bond donors (Lipinski definition) is 2. The van der Waals surface area contributed by atoms with Gasteiger partial charge in [0.15, 0.2) is 0 Å². The first-order valence-corrected chi connectivity index (χ1v) is 7.15. The van der Waals surface area contributed by atoms with Gasteiger partial charge in [0, 0.05) is 25.8 Å². The molecule has 0 aliphatic rings. The molecule has 112 valence electrons. The summed E-state index contributed by atoms with van der Waals surface area (Å²) in [5, 5.41) is 6.56. The topological polar surface area (TPSA) is 53.1 Å². The van der Waals surface area contributed by atoms with Gasteiger partial charge in [0.05, 0.1) is 0 Å². The molecule has 5 nitrogen and oxygen atoms in total. The van der Waals surface area contributed by atoms with Crippen LogP contribution in [-0.4, -0.2) is 42.1 Å². The molecule has 0 saturated heterocycles. The van der Waals surface area contributed by atoms with Gasteiger partial charge in [0.2, 0.25) is 5.95 Å². The van der Waals surface area contributed by atoms with Gasteiger partial charge in [0.1, 0.15) is 5.82 Å². The summed E-state index contributed by atoms with van der Waals surface area (Å²) in [7, 11) is 4.09. The Bertz CT molecular complexity index is 568. The second kappa shape index (κ2) is 7.59. The molecule has 1 aromatic carbocycles. The van der Waals surface area contributed by atoms with Crippen molar-refractivity contribution in [3.8, 4) is 0 Å². The average Bonchev–Trinajstić information content (AvgIpc) is 2.46. The van der Waals surface area contributed by atoms with Crippen molar-refractivity contribution in [3.05, 3.63) is 47.7 Å². The molecule has 1 heterocycles. The molecule has 0 atom stereocenters. The molecule has 5 heteroatoms. The van der Waals surface area contributed by atoms with Crippen LogP contribution in [0, 0.1) is 6.92 Å². The van der Waals surface area contributed by atoms with E-state index in [0.29, 0.717) is 5.95 Å². The highest BCUT2D eigenvalue weighted by Crippen LogP contribution is 2.11. The SMILES string of the molecule is Cc1ccccc1CNc1ccnc(NCCN(C)C)n1. The van der Waals surface area contributed by atoms with Crippen LogP contribution in [0.25, 0.3) is 0 Å². The van der Waals surface area contributed by atoms with Gasteiger partial charge in [0.25, 0.3) is 0 Å². The molecule has 0 radical (unpaired) electrons. The molecule has 0 bridgehead atoms. The first-order chi connectivity index (χ1) is 10.1. The smallest absolute Gasteiger partial charge is 0.224 e. The summed E-state index contributed by atoms with van der Waals surface area (Å²) in [6, 6.07) is 10.2. The Kier molecular flexibility index (Phi) is 5.51. The fraction of sp³-hybridized carbons (Fsp3) is 0.375. The van der Waals surface area contributed by atoms with Crippen LogP contribution in [0.1, 0.15) is 11.1 Å². The van der Waals surface area contributed by atoms with Gasteiger partial charge >= 0.3 is 0 Å². The summed E-state index contributed by atoms with van der Waals surface area (Å²) >= 11 is 0. The standard InChI is InChI=1S/C16H23N5/c1-13-6-4-5-7-14(13)12-19-15-8-9-17-16(20-15)18-10-11-21(2)3/h4-9H,10-12H2,1-3H3,(H2,17,18,19,20). The molecule has 0 unspecified atom stereocenters. The summed E-state index contributed by atoms with van der Waals surface area (Å²) in [6.07, 6.45) is 1.77. The quantitative estimate of drug-likeness (QED) is 0.818. The second-order valence-corrected chi connectivity index (χ2v) is 5.28. The molecule has 0 spiro atoms. The number of hydrogen-bond acceptors (Lipinski definition) is 5. The van der Waals surface area contributed by atoms with E-state index in [1.54, 1.807) is 6.20 Å². The maximum Gasteiger partial charge on any atom is 0.224 e. The molecular formula is C16H23N5. The minimum Gasteiger partial charge on any atom is -0.366 e. The van der Waals surface area contributed by atoms with Crippen LogP contribution in [0.4, 0.5) is 11.8 Å². The Balaban J connectivity index is 1.90. The molecule has 0 aliphatic carbocycles. The third kappa shape index (κ3) is 5.04. The fourth-order valence-electron chi connectivity index (χ4n) is 1.93. The van der Waals surface area contributed by atoms with E-state index in [-0.39, 0.29) is 0 Å². The third-order valence-electron chi connectivity index (χ3n) is 3.22. The van der Waals surface area contributed by atoms with Crippen molar-refractivity contribution in [2.24, 2.45) is 0 Å². The van der Waals surface area contributed by atoms with E-state index in [0.717, 1.165) is 25.5 Å². The van der Waals surface area contributed by atoms with E-state index in [2.05, 4.69) is 56.7 Å². The Morgan fingerprint density at radius 1 is 1.10 bits per heavy atom. The zero-order valence-corrected chi connectivity index (χ0v) is 12.9. The van der Waals surface area contributed by atoms with E-state index in [4.69, 9.17) is 0 Å². The molecule has 0 aliphatic heterocycles. The fourth-order valence-corrected chi connectivity index (χ4v) is 1.93. The maximum absolute atomic E-state index is 4.46. The van der Waals surface area contributed by atoms with Crippen molar-refractivity contribution in [3.63, 3.8) is 0 Å². The Hall–Kier alpha value is -2.14. The minimum absolute atomic E-state index is 0.659. The maximum atomic E-state index is 4.46. The Morgan fingerprint density at radius 3 is 2.67 bits per heavy atom. The van der Waals surface area contributed by atoms with Gasteiger partial charge in [-0.25, -0.2) is 4.98 Å². The molecule has 2 rings (SSSR count). The van der Waals surface area contributed by atoms with E-state index in [9.17, 15) is 0 Å². The van der Waals surface area contributed by atoms with Gasteiger partial charge in [-0.05, 0) is 38.2 Å². The lowest BCUT2D eigenvalue weighted by atomic mass is 10.1. The Labute approximate surface area is 126 Å². The first-order valence-electron chi connectivity index (χ1n) is 7.15. The molecule has 2 N–H and O–H groups in total. The minimum atomic E-state index is 0.659. The second-order valence-electron chi connectivity index (χ2n) is 5.28. The zero-order chi connectivity index (χ0) is 15.1. The average molecular weight is 285 g/mol. The predicted octanol–water partition coefficient (Wildman–Crippen LogP) is 2.37. The number of anilines is 2. The van der Waals surface area contributed by atoms with Gasteiger partial charge in [-0.3, -0.25) is 0 Å². The number of aryl methyl sites for hydroxylation is 1. The molecule has 0 saturated carbocycles.